The van der Waals surface area contributed by atoms with E-state index in [0.717, 1.165) is 30.8 Å². The van der Waals surface area contributed by atoms with Gasteiger partial charge in [0.25, 0.3) is 5.91 Å². The molecule has 3 nitrogen and oxygen atoms in total. The van der Waals surface area contributed by atoms with Gasteiger partial charge in [0.2, 0.25) is 0 Å². The molecule has 1 atom stereocenters. The summed E-state index contributed by atoms with van der Waals surface area (Å²) in [5, 5.41) is 0. The molecule has 2 aromatic carbocycles. The number of benzene rings is 2. The van der Waals surface area contributed by atoms with E-state index < -0.39 is 0 Å². The van der Waals surface area contributed by atoms with E-state index in [0.29, 0.717) is 6.54 Å². The van der Waals surface area contributed by atoms with Crippen LogP contribution in [0.2, 0.25) is 0 Å². The number of rotatable bonds is 5. The Bertz CT molecular complexity index is 804. The Kier molecular flexibility index (Phi) is 5.73. The highest BCUT2D eigenvalue weighted by Gasteiger charge is 2.35. The van der Waals surface area contributed by atoms with E-state index in [1.165, 1.54) is 21.6 Å². The van der Waals surface area contributed by atoms with E-state index in [4.69, 9.17) is 5.73 Å². The normalized spacial score (nSPS) is 19.8. The van der Waals surface area contributed by atoms with Crippen LogP contribution in [0.3, 0.4) is 0 Å². The molecule has 1 unspecified atom stereocenters. The molecule has 26 heavy (non-hydrogen) atoms. The van der Waals surface area contributed by atoms with Crippen molar-refractivity contribution in [3.8, 4) is 0 Å². The number of thioether (sulfide) groups is 1. The second kappa shape index (κ2) is 7.85. The summed E-state index contributed by atoms with van der Waals surface area (Å²) in [6.45, 7) is 8.61. The fourth-order valence-electron chi connectivity index (χ4n) is 3.46. The zero-order chi connectivity index (χ0) is 18.7. The van der Waals surface area contributed by atoms with Gasteiger partial charge in [-0.2, -0.15) is 0 Å². The maximum atomic E-state index is 12.8. The lowest BCUT2D eigenvalue weighted by Crippen LogP contribution is -2.34. The number of nitrogens with zero attached hydrogens (tertiary/aromatic N) is 1. The Morgan fingerprint density at radius 2 is 2.04 bits per heavy atom. The standard InChI is InChI=1S/C22H28N2OS/c1-16-7-8-20(17(2)11-16)26-13-18-5-4-6-19(12-18)21(25)24-10-9-22(3,14-23)15-24/h4-8,11-12H,9-10,13-15,23H2,1-3H3. The van der Waals surface area contributed by atoms with Gasteiger partial charge in [0, 0.05) is 29.3 Å². The van der Waals surface area contributed by atoms with Gasteiger partial charge in [-0.25, -0.2) is 0 Å². The van der Waals surface area contributed by atoms with Crippen molar-refractivity contribution in [2.75, 3.05) is 19.6 Å². The Morgan fingerprint density at radius 1 is 1.23 bits per heavy atom. The van der Waals surface area contributed by atoms with Crippen LogP contribution >= 0.6 is 11.8 Å². The van der Waals surface area contributed by atoms with Crippen molar-refractivity contribution in [3.63, 3.8) is 0 Å². The Hall–Kier alpha value is -1.78. The molecule has 1 aliphatic rings. The number of hydrogen-bond donors (Lipinski definition) is 1. The molecular formula is C22H28N2OS. The monoisotopic (exact) mass is 368 g/mol. The van der Waals surface area contributed by atoms with Gasteiger partial charge in [-0.15, -0.1) is 11.8 Å². The minimum absolute atomic E-state index is 0.0616. The molecule has 0 bridgehead atoms. The molecule has 1 saturated heterocycles. The van der Waals surface area contributed by atoms with E-state index >= 15 is 0 Å². The van der Waals surface area contributed by atoms with Crippen LogP contribution in [0.4, 0.5) is 0 Å². The Balaban J connectivity index is 1.67. The first kappa shape index (κ1) is 19.0. The summed E-state index contributed by atoms with van der Waals surface area (Å²) in [6.07, 6.45) is 0.984. The van der Waals surface area contributed by atoms with E-state index in [1.54, 1.807) is 0 Å². The molecule has 0 aromatic heterocycles. The molecule has 1 fully saturated rings. The van der Waals surface area contributed by atoms with Crippen molar-refractivity contribution in [1.82, 2.24) is 4.90 Å². The van der Waals surface area contributed by atoms with Crippen LogP contribution in [0.5, 0.6) is 0 Å². The Morgan fingerprint density at radius 3 is 2.73 bits per heavy atom. The average molecular weight is 369 g/mol. The summed E-state index contributed by atoms with van der Waals surface area (Å²) in [4.78, 5) is 16.1. The third-order valence-electron chi connectivity index (χ3n) is 5.24. The number of amides is 1. The molecule has 1 amide bonds. The topological polar surface area (TPSA) is 46.3 Å². The second-order valence-electron chi connectivity index (χ2n) is 7.75. The van der Waals surface area contributed by atoms with Crippen LogP contribution in [0, 0.1) is 19.3 Å². The summed E-state index contributed by atoms with van der Waals surface area (Å²) in [5.74, 6) is 0.992. The van der Waals surface area contributed by atoms with Crippen LogP contribution in [0.1, 0.15) is 40.4 Å². The summed E-state index contributed by atoms with van der Waals surface area (Å²) < 4.78 is 0. The van der Waals surface area contributed by atoms with Gasteiger partial charge >= 0.3 is 0 Å². The maximum Gasteiger partial charge on any atom is 0.253 e. The minimum Gasteiger partial charge on any atom is -0.338 e. The van der Waals surface area contributed by atoms with Crippen LogP contribution in [-0.2, 0) is 5.75 Å². The number of nitrogens with two attached hydrogens (primary N) is 1. The predicted octanol–water partition coefficient (Wildman–Crippen LogP) is 4.41. The van der Waals surface area contributed by atoms with Crippen molar-refractivity contribution < 1.29 is 4.79 Å². The molecule has 1 aliphatic heterocycles. The van der Waals surface area contributed by atoms with Gasteiger partial charge in [0.05, 0.1) is 0 Å². The molecule has 2 aromatic rings. The SMILES string of the molecule is Cc1ccc(SCc2cccc(C(=O)N3CCC(C)(CN)C3)c2)c(C)c1. The summed E-state index contributed by atoms with van der Waals surface area (Å²) in [5.41, 5.74) is 10.5. The zero-order valence-corrected chi connectivity index (χ0v) is 16.7. The summed E-state index contributed by atoms with van der Waals surface area (Å²) in [6, 6.07) is 14.6. The number of carbonyl (C=O) groups is 1. The van der Waals surface area contributed by atoms with Gasteiger partial charge in [-0.05, 0) is 61.6 Å². The van der Waals surface area contributed by atoms with E-state index in [-0.39, 0.29) is 11.3 Å². The van der Waals surface area contributed by atoms with E-state index in [1.807, 2.05) is 34.9 Å². The second-order valence-corrected chi connectivity index (χ2v) is 8.77. The molecule has 3 rings (SSSR count). The Labute approximate surface area is 161 Å². The highest BCUT2D eigenvalue weighted by Crippen LogP contribution is 2.30. The molecule has 0 saturated carbocycles. The third kappa shape index (κ3) is 4.30. The predicted molar refractivity (Wildman–Crippen MR) is 110 cm³/mol. The molecule has 1 heterocycles. The number of aryl methyl sites for hydroxylation is 2. The maximum absolute atomic E-state index is 12.8. The first-order valence-corrected chi connectivity index (χ1v) is 10.2. The number of carbonyl (C=O) groups excluding carboxylic acids is 1. The van der Waals surface area contributed by atoms with Crippen LogP contribution < -0.4 is 5.73 Å². The van der Waals surface area contributed by atoms with Gasteiger partial charge in [-0.1, -0.05) is 36.8 Å². The van der Waals surface area contributed by atoms with Gasteiger partial charge in [-0.3, -0.25) is 4.79 Å². The van der Waals surface area contributed by atoms with E-state index in [9.17, 15) is 4.79 Å². The molecule has 4 heteroatoms. The molecule has 0 spiro atoms. The highest BCUT2D eigenvalue weighted by atomic mass is 32.2. The lowest BCUT2D eigenvalue weighted by molar-refractivity contribution is 0.0777. The fourth-order valence-corrected chi connectivity index (χ4v) is 4.42. The highest BCUT2D eigenvalue weighted by molar-refractivity contribution is 7.98. The number of likely N-dealkylation sites (tertiary alicyclic amines) is 1. The fraction of sp³-hybridized carbons (Fsp3) is 0.409. The average Bonchev–Trinajstić information content (AvgIpc) is 3.03. The van der Waals surface area contributed by atoms with Gasteiger partial charge in [0.1, 0.15) is 0 Å². The van der Waals surface area contributed by atoms with E-state index in [2.05, 4.69) is 45.0 Å². The molecule has 138 valence electrons. The molecule has 0 aliphatic carbocycles. The van der Waals surface area contributed by atoms with Crippen LogP contribution in [-0.4, -0.2) is 30.4 Å². The van der Waals surface area contributed by atoms with Crippen molar-refractivity contribution in [2.24, 2.45) is 11.1 Å². The molecular weight excluding hydrogens is 340 g/mol. The van der Waals surface area contributed by atoms with Crippen molar-refractivity contribution in [1.29, 1.82) is 0 Å². The molecule has 0 radical (unpaired) electrons. The lowest BCUT2D eigenvalue weighted by Gasteiger charge is -2.22. The summed E-state index contributed by atoms with van der Waals surface area (Å²) >= 11 is 1.82. The third-order valence-corrected chi connectivity index (χ3v) is 6.48. The zero-order valence-electron chi connectivity index (χ0n) is 15.9. The van der Waals surface area contributed by atoms with Crippen LogP contribution in [0.25, 0.3) is 0 Å². The first-order chi connectivity index (χ1) is 12.4. The van der Waals surface area contributed by atoms with Gasteiger partial charge in [0.15, 0.2) is 0 Å². The number of hydrogen-bond acceptors (Lipinski definition) is 3. The first-order valence-electron chi connectivity index (χ1n) is 9.18. The lowest BCUT2D eigenvalue weighted by atomic mass is 9.90. The van der Waals surface area contributed by atoms with Gasteiger partial charge < -0.3 is 10.6 Å². The summed E-state index contributed by atoms with van der Waals surface area (Å²) in [7, 11) is 0. The van der Waals surface area contributed by atoms with Crippen molar-refractivity contribution >= 4 is 17.7 Å². The van der Waals surface area contributed by atoms with Crippen molar-refractivity contribution in [3.05, 3.63) is 64.7 Å². The minimum atomic E-state index is 0.0616. The van der Waals surface area contributed by atoms with Crippen LogP contribution in [0.15, 0.2) is 47.4 Å². The quantitative estimate of drug-likeness (QED) is 0.795. The van der Waals surface area contributed by atoms with Crippen molar-refractivity contribution in [2.45, 2.75) is 37.8 Å². The smallest absolute Gasteiger partial charge is 0.253 e. The molecule has 2 N–H and O–H groups in total. The largest absolute Gasteiger partial charge is 0.338 e.